The van der Waals surface area contributed by atoms with Crippen molar-refractivity contribution in [2.45, 2.75) is 13.8 Å². The minimum absolute atomic E-state index is 0. The van der Waals surface area contributed by atoms with Gasteiger partial charge in [-0.2, -0.15) is 0 Å². The van der Waals surface area contributed by atoms with Gasteiger partial charge in [0.15, 0.2) is 0 Å². The van der Waals surface area contributed by atoms with Crippen LogP contribution in [-0.2, 0) is 0 Å². The SMILES string of the molecule is C=CC[N+](CC)(CC)c1ccc(OC(=O)N(C)C)cc1.[I-]. The maximum Gasteiger partial charge on any atom is 0.414 e. The minimum Gasteiger partial charge on any atom is -1.00 e. The van der Waals surface area contributed by atoms with Crippen LogP contribution in [-0.4, -0.2) is 44.7 Å². The fourth-order valence-corrected chi connectivity index (χ4v) is 2.22. The molecule has 0 aliphatic carbocycles. The first-order valence-electron chi connectivity index (χ1n) is 6.95. The first-order valence-corrected chi connectivity index (χ1v) is 6.95. The van der Waals surface area contributed by atoms with Crippen LogP contribution < -0.4 is 33.2 Å². The molecule has 1 amide bonds. The Balaban J connectivity index is 0.00000400. The van der Waals surface area contributed by atoms with Crippen LogP contribution in [0.1, 0.15) is 13.8 Å². The highest BCUT2D eigenvalue weighted by atomic mass is 127. The maximum absolute atomic E-state index is 11.5. The van der Waals surface area contributed by atoms with Gasteiger partial charge in [-0.25, -0.2) is 4.79 Å². The average molecular weight is 404 g/mol. The molecule has 0 aromatic heterocycles. The van der Waals surface area contributed by atoms with Crippen LogP contribution in [0.3, 0.4) is 0 Å². The van der Waals surface area contributed by atoms with Crippen molar-refractivity contribution in [3.8, 4) is 5.75 Å². The Kier molecular flexibility index (Phi) is 8.58. The van der Waals surface area contributed by atoms with E-state index in [0.29, 0.717) is 5.75 Å². The lowest BCUT2D eigenvalue weighted by Gasteiger charge is -2.35. The van der Waals surface area contributed by atoms with Crippen molar-refractivity contribution in [1.82, 2.24) is 9.38 Å². The summed E-state index contributed by atoms with van der Waals surface area (Å²) in [6.07, 6.45) is 1.59. The van der Waals surface area contributed by atoms with Gasteiger partial charge in [-0.15, -0.1) is 0 Å². The van der Waals surface area contributed by atoms with Gasteiger partial charge >= 0.3 is 6.09 Å². The Hall–Kier alpha value is -1.08. The van der Waals surface area contributed by atoms with Crippen molar-refractivity contribution in [2.75, 3.05) is 33.7 Å². The van der Waals surface area contributed by atoms with Crippen molar-refractivity contribution < 1.29 is 33.5 Å². The number of benzene rings is 1. The first-order chi connectivity index (χ1) is 9.49. The number of quaternary nitrogens is 1. The molecule has 21 heavy (non-hydrogen) atoms. The summed E-state index contributed by atoms with van der Waals surface area (Å²) < 4.78 is 6.08. The van der Waals surface area contributed by atoms with E-state index in [1.54, 1.807) is 14.1 Å². The highest BCUT2D eigenvalue weighted by Crippen LogP contribution is 2.26. The van der Waals surface area contributed by atoms with Crippen LogP contribution >= 0.6 is 0 Å². The molecule has 0 heterocycles. The molecule has 0 aliphatic heterocycles. The minimum atomic E-state index is -0.365. The number of amides is 1. The van der Waals surface area contributed by atoms with Gasteiger partial charge in [-0.3, -0.25) is 4.48 Å². The quantitative estimate of drug-likeness (QED) is 0.388. The number of carbonyl (C=O) groups excluding carboxylic acids is 1. The summed E-state index contributed by atoms with van der Waals surface area (Å²) >= 11 is 0. The molecule has 4 nitrogen and oxygen atoms in total. The third kappa shape index (κ3) is 5.00. The lowest BCUT2D eigenvalue weighted by molar-refractivity contribution is -0.00000937. The normalized spacial score (nSPS) is 10.5. The molecule has 0 saturated heterocycles. The van der Waals surface area contributed by atoms with Gasteiger partial charge in [-0.05, 0) is 32.1 Å². The third-order valence-electron chi connectivity index (χ3n) is 3.64. The van der Waals surface area contributed by atoms with Gasteiger partial charge in [0.2, 0.25) is 0 Å². The van der Waals surface area contributed by atoms with E-state index in [0.717, 1.165) is 24.1 Å². The molecule has 0 atom stereocenters. The van der Waals surface area contributed by atoms with Crippen molar-refractivity contribution in [3.63, 3.8) is 0 Å². The van der Waals surface area contributed by atoms with Crippen LogP contribution in [0.5, 0.6) is 5.75 Å². The molecule has 0 saturated carbocycles. The smallest absolute Gasteiger partial charge is 0.414 e. The zero-order valence-electron chi connectivity index (χ0n) is 13.3. The van der Waals surface area contributed by atoms with Crippen LogP contribution in [0.25, 0.3) is 0 Å². The molecule has 0 unspecified atom stereocenters. The number of carbonyl (C=O) groups is 1. The van der Waals surface area contributed by atoms with Gasteiger partial charge in [-0.1, -0.05) is 6.58 Å². The summed E-state index contributed by atoms with van der Waals surface area (Å²) in [5.74, 6) is 0.566. The van der Waals surface area contributed by atoms with E-state index in [-0.39, 0.29) is 30.1 Å². The second-order valence-corrected chi connectivity index (χ2v) is 5.01. The number of likely N-dealkylation sites (N-methyl/N-ethyl adjacent to an activating group) is 1. The summed E-state index contributed by atoms with van der Waals surface area (Å²) in [4.78, 5) is 12.9. The summed E-state index contributed by atoms with van der Waals surface area (Å²) in [5.41, 5.74) is 1.21. The molecule has 0 bridgehead atoms. The van der Waals surface area contributed by atoms with E-state index in [4.69, 9.17) is 4.74 Å². The summed E-state index contributed by atoms with van der Waals surface area (Å²) in [6.45, 7) is 11.1. The molecule has 5 heteroatoms. The highest BCUT2D eigenvalue weighted by Gasteiger charge is 2.24. The van der Waals surface area contributed by atoms with E-state index < -0.39 is 0 Å². The van der Waals surface area contributed by atoms with Crippen LogP contribution in [0.4, 0.5) is 10.5 Å². The molecule has 118 valence electrons. The summed E-state index contributed by atoms with van der Waals surface area (Å²) in [5, 5.41) is 0. The summed E-state index contributed by atoms with van der Waals surface area (Å²) in [7, 11) is 3.33. The molecule has 0 radical (unpaired) electrons. The second kappa shape index (κ2) is 9.04. The number of hydrogen-bond acceptors (Lipinski definition) is 2. The molecule has 0 N–H and O–H groups in total. The molecule has 1 aromatic rings. The van der Waals surface area contributed by atoms with Gasteiger partial charge in [0.25, 0.3) is 0 Å². The molecule has 1 rings (SSSR count). The monoisotopic (exact) mass is 404 g/mol. The highest BCUT2D eigenvalue weighted by molar-refractivity contribution is 5.70. The first kappa shape index (κ1) is 19.9. The molecule has 0 spiro atoms. The lowest BCUT2D eigenvalue weighted by Crippen LogP contribution is -3.00. The topological polar surface area (TPSA) is 29.5 Å². The van der Waals surface area contributed by atoms with E-state index >= 15 is 0 Å². The number of nitrogens with zero attached hydrogens (tertiary/aromatic N) is 2. The predicted molar refractivity (Wildman–Crippen MR) is 84.1 cm³/mol. The predicted octanol–water partition coefficient (Wildman–Crippen LogP) is 0.284. The van der Waals surface area contributed by atoms with E-state index in [1.807, 2.05) is 30.3 Å². The van der Waals surface area contributed by atoms with E-state index in [2.05, 4.69) is 20.4 Å². The summed E-state index contributed by atoms with van der Waals surface area (Å²) in [6, 6.07) is 7.74. The van der Waals surface area contributed by atoms with E-state index in [1.165, 1.54) is 10.6 Å². The van der Waals surface area contributed by atoms with Gasteiger partial charge < -0.3 is 33.6 Å². The fourth-order valence-electron chi connectivity index (χ4n) is 2.22. The Morgan fingerprint density at radius 2 is 1.76 bits per heavy atom. The van der Waals surface area contributed by atoms with Gasteiger partial charge in [0.05, 0.1) is 13.1 Å². The standard InChI is InChI=1S/C16H25N2O2.HI/c1-6-13-18(7-2,8-3)14-9-11-15(12-10-14)20-16(19)17(4)5;/h6,9-12H,1,7-8,13H2,2-5H3;1H/q+1;/p-1. The van der Waals surface area contributed by atoms with Crippen molar-refractivity contribution in [2.24, 2.45) is 0 Å². The Labute approximate surface area is 145 Å². The molecule has 0 aliphatic rings. The van der Waals surface area contributed by atoms with Gasteiger partial charge in [0.1, 0.15) is 18.0 Å². The number of hydrogen-bond donors (Lipinski definition) is 0. The Morgan fingerprint density at radius 1 is 1.24 bits per heavy atom. The second-order valence-electron chi connectivity index (χ2n) is 5.01. The van der Waals surface area contributed by atoms with Crippen LogP contribution in [0, 0.1) is 0 Å². The molecule has 0 fully saturated rings. The number of halogens is 1. The molecular weight excluding hydrogens is 379 g/mol. The fraction of sp³-hybridized carbons (Fsp3) is 0.438. The molecule has 1 aromatic carbocycles. The lowest BCUT2D eigenvalue weighted by atomic mass is 10.2. The third-order valence-corrected chi connectivity index (χ3v) is 3.64. The van der Waals surface area contributed by atoms with Crippen molar-refractivity contribution >= 4 is 11.8 Å². The van der Waals surface area contributed by atoms with Crippen LogP contribution in [0.15, 0.2) is 36.9 Å². The largest absolute Gasteiger partial charge is 1.00 e. The Bertz CT molecular complexity index is 454. The average Bonchev–Trinajstić information content (AvgIpc) is 2.45. The zero-order valence-corrected chi connectivity index (χ0v) is 15.5. The maximum atomic E-state index is 11.5. The van der Waals surface area contributed by atoms with Crippen molar-refractivity contribution in [1.29, 1.82) is 0 Å². The Morgan fingerprint density at radius 3 is 2.14 bits per heavy atom. The number of ether oxygens (including phenoxy) is 1. The zero-order chi connectivity index (χ0) is 15.2. The van der Waals surface area contributed by atoms with Crippen LogP contribution in [0.2, 0.25) is 0 Å². The van der Waals surface area contributed by atoms with Gasteiger partial charge in [0, 0.05) is 26.2 Å². The van der Waals surface area contributed by atoms with Crippen molar-refractivity contribution in [3.05, 3.63) is 36.9 Å². The number of rotatable bonds is 6. The van der Waals surface area contributed by atoms with E-state index in [9.17, 15) is 4.79 Å². The molecular formula is C16H25IN2O2.